The number of hydrogen-bond acceptors (Lipinski definition) is 4. The van der Waals surface area contributed by atoms with Crippen LogP contribution in [0.25, 0.3) is 11.3 Å². The lowest BCUT2D eigenvalue weighted by Gasteiger charge is -2.03. The average molecular weight is 344 g/mol. The van der Waals surface area contributed by atoms with Crippen LogP contribution in [0.15, 0.2) is 54.2 Å². The first-order valence-electron chi connectivity index (χ1n) is 7.11. The minimum atomic E-state index is -0.0583. The summed E-state index contributed by atoms with van der Waals surface area (Å²) in [6.07, 6.45) is 4.50. The second-order valence-electron chi connectivity index (χ2n) is 4.96. The Hall–Kier alpha value is -2.24. The molecule has 0 bridgehead atoms. The van der Waals surface area contributed by atoms with E-state index < -0.39 is 0 Å². The van der Waals surface area contributed by atoms with Crippen molar-refractivity contribution in [3.63, 3.8) is 0 Å². The highest BCUT2D eigenvalue weighted by atomic mass is 35.5. The zero-order valence-electron chi connectivity index (χ0n) is 12.2. The molecule has 116 valence electrons. The van der Waals surface area contributed by atoms with Crippen molar-refractivity contribution in [2.75, 3.05) is 5.32 Å². The molecule has 0 unspecified atom stereocenters. The van der Waals surface area contributed by atoms with Crippen LogP contribution < -0.4 is 5.32 Å². The number of carbonyl (C=O) groups excluding carboxylic acids is 1. The van der Waals surface area contributed by atoms with Crippen LogP contribution in [-0.2, 0) is 11.2 Å². The van der Waals surface area contributed by atoms with Crippen molar-refractivity contribution in [3.8, 4) is 11.3 Å². The molecule has 0 spiro atoms. The Kier molecular flexibility index (Phi) is 5.00. The Bertz CT molecular complexity index is 804. The van der Waals surface area contributed by atoms with E-state index in [0.29, 0.717) is 23.0 Å². The van der Waals surface area contributed by atoms with Crippen LogP contribution in [0.1, 0.15) is 12.0 Å². The van der Waals surface area contributed by atoms with E-state index in [-0.39, 0.29) is 5.91 Å². The molecule has 0 aliphatic carbocycles. The number of aryl methyl sites for hydroxylation is 1. The Balaban J connectivity index is 1.57. The fourth-order valence-corrected chi connectivity index (χ4v) is 3.06. The molecule has 2 aromatic heterocycles. The van der Waals surface area contributed by atoms with Crippen LogP contribution in [0.4, 0.5) is 5.13 Å². The second-order valence-corrected chi connectivity index (χ2v) is 6.25. The van der Waals surface area contributed by atoms with E-state index in [4.69, 9.17) is 11.6 Å². The molecular weight excluding hydrogens is 330 g/mol. The van der Waals surface area contributed by atoms with E-state index in [1.165, 1.54) is 11.3 Å². The first-order valence-corrected chi connectivity index (χ1v) is 8.37. The molecule has 0 radical (unpaired) electrons. The highest BCUT2D eigenvalue weighted by Crippen LogP contribution is 2.24. The number of rotatable bonds is 5. The molecule has 0 aliphatic heterocycles. The van der Waals surface area contributed by atoms with Crippen molar-refractivity contribution in [1.82, 2.24) is 9.97 Å². The molecular formula is C17H14ClN3OS. The van der Waals surface area contributed by atoms with Gasteiger partial charge in [-0.3, -0.25) is 9.78 Å². The molecule has 6 heteroatoms. The SMILES string of the molecule is O=C(CCc1cccc(Cl)c1)Nc1nc(-c2cccnc2)cs1. The van der Waals surface area contributed by atoms with Crippen LogP contribution in [-0.4, -0.2) is 15.9 Å². The summed E-state index contributed by atoms with van der Waals surface area (Å²) in [6.45, 7) is 0. The number of hydrogen-bond donors (Lipinski definition) is 1. The summed E-state index contributed by atoms with van der Waals surface area (Å²) < 4.78 is 0. The van der Waals surface area contributed by atoms with Gasteiger partial charge in [-0.1, -0.05) is 23.7 Å². The maximum atomic E-state index is 12.0. The molecule has 1 aromatic carbocycles. The van der Waals surface area contributed by atoms with Gasteiger partial charge in [0, 0.05) is 34.8 Å². The van der Waals surface area contributed by atoms with Gasteiger partial charge in [0.1, 0.15) is 0 Å². The molecule has 4 nitrogen and oxygen atoms in total. The molecule has 23 heavy (non-hydrogen) atoms. The standard InChI is InChI=1S/C17H14ClN3OS/c18-14-5-1-3-12(9-14)6-7-16(22)21-17-20-15(11-23-17)13-4-2-8-19-10-13/h1-5,8-11H,6-7H2,(H,20,21,22). The number of anilines is 1. The monoisotopic (exact) mass is 343 g/mol. The number of aromatic nitrogens is 2. The number of halogens is 1. The number of thiazole rings is 1. The third-order valence-electron chi connectivity index (χ3n) is 3.24. The minimum absolute atomic E-state index is 0.0583. The summed E-state index contributed by atoms with van der Waals surface area (Å²) in [7, 11) is 0. The molecule has 3 rings (SSSR count). The summed E-state index contributed by atoms with van der Waals surface area (Å²) in [5, 5.41) is 6.02. The van der Waals surface area contributed by atoms with Gasteiger partial charge in [-0.15, -0.1) is 11.3 Å². The van der Waals surface area contributed by atoms with Gasteiger partial charge in [-0.05, 0) is 36.2 Å². The highest BCUT2D eigenvalue weighted by molar-refractivity contribution is 7.14. The highest BCUT2D eigenvalue weighted by Gasteiger charge is 2.08. The number of amides is 1. The van der Waals surface area contributed by atoms with Crippen molar-refractivity contribution < 1.29 is 4.79 Å². The Morgan fingerprint density at radius 3 is 2.96 bits per heavy atom. The summed E-state index contributed by atoms with van der Waals surface area (Å²) in [6, 6.07) is 11.3. The van der Waals surface area contributed by atoms with Crippen molar-refractivity contribution >= 4 is 34.0 Å². The zero-order chi connectivity index (χ0) is 16.1. The van der Waals surface area contributed by atoms with Crippen molar-refractivity contribution in [1.29, 1.82) is 0 Å². The lowest BCUT2D eigenvalue weighted by Crippen LogP contribution is -2.12. The third kappa shape index (κ3) is 4.37. The number of nitrogens with zero attached hydrogens (tertiary/aromatic N) is 2. The van der Waals surface area contributed by atoms with Crippen LogP contribution in [0.2, 0.25) is 5.02 Å². The molecule has 0 atom stereocenters. The summed E-state index contributed by atoms with van der Waals surface area (Å²) >= 11 is 7.34. The molecule has 3 aromatic rings. The molecule has 0 aliphatic rings. The van der Waals surface area contributed by atoms with E-state index in [2.05, 4.69) is 15.3 Å². The summed E-state index contributed by atoms with van der Waals surface area (Å²) in [4.78, 5) is 20.5. The van der Waals surface area contributed by atoms with Gasteiger partial charge in [0.25, 0.3) is 0 Å². The van der Waals surface area contributed by atoms with Gasteiger partial charge in [0.15, 0.2) is 5.13 Å². The van der Waals surface area contributed by atoms with Gasteiger partial charge in [0.2, 0.25) is 5.91 Å². The minimum Gasteiger partial charge on any atom is -0.302 e. The first-order chi connectivity index (χ1) is 11.2. The first kappa shape index (κ1) is 15.6. The Morgan fingerprint density at radius 2 is 2.17 bits per heavy atom. The molecule has 2 heterocycles. The predicted octanol–water partition coefficient (Wildman–Crippen LogP) is 4.43. The molecule has 0 saturated carbocycles. The van der Waals surface area contributed by atoms with Crippen LogP contribution in [0.3, 0.4) is 0 Å². The Labute approximate surface area is 143 Å². The van der Waals surface area contributed by atoms with Gasteiger partial charge >= 0.3 is 0 Å². The van der Waals surface area contributed by atoms with Crippen LogP contribution in [0, 0.1) is 0 Å². The Morgan fingerprint density at radius 1 is 1.26 bits per heavy atom. The van der Waals surface area contributed by atoms with Crippen molar-refractivity contribution in [2.45, 2.75) is 12.8 Å². The number of nitrogens with one attached hydrogen (secondary N) is 1. The molecule has 0 fully saturated rings. The second kappa shape index (κ2) is 7.35. The lowest BCUT2D eigenvalue weighted by molar-refractivity contribution is -0.116. The average Bonchev–Trinajstić information content (AvgIpc) is 3.02. The normalized spacial score (nSPS) is 10.5. The predicted molar refractivity (Wildman–Crippen MR) is 93.7 cm³/mol. The maximum Gasteiger partial charge on any atom is 0.226 e. The largest absolute Gasteiger partial charge is 0.302 e. The summed E-state index contributed by atoms with van der Waals surface area (Å²) in [5.41, 5.74) is 2.79. The zero-order valence-corrected chi connectivity index (χ0v) is 13.8. The van der Waals surface area contributed by atoms with E-state index in [1.807, 2.05) is 41.8 Å². The molecule has 1 N–H and O–H groups in total. The van der Waals surface area contributed by atoms with E-state index in [1.54, 1.807) is 12.4 Å². The lowest BCUT2D eigenvalue weighted by atomic mass is 10.1. The van der Waals surface area contributed by atoms with E-state index >= 15 is 0 Å². The third-order valence-corrected chi connectivity index (χ3v) is 4.23. The fourth-order valence-electron chi connectivity index (χ4n) is 2.11. The topological polar surface area (TPSA) is 54.9 Å². The van der Waals surface area contributed by atoms with Gasteiger partial charge in [-0.25, -0.2) is 4.98 Å². The van der Waals surface area contributed by atoms with Crippen molar-refractivity contribution in [2.24, 2.45) is 0 Å². The number of pyridine rings is 1. The number of carbonyl (C=O) groups is 1. The fraction of sp³-hybridized carbons (Fsp3) is 0.118. The summed E-state index contributed by atoms with van der Waals surface area (Å²) in [5.74, 6) is -0.0583. The molecule has 1 amide bonds. The maximum absolute atomic E-state index is 12.0. The van der Waals surface area contributed by atoms with Crippen molar-refractivity contribution in [3.05, 3.63) is 64.8 Å². The quantitative estimate of drug-likeness (QED) is 0.745. The van der Waals surface area contributed by atoms with Gasteiger partial charge in [-0.2, -0.15) is 0 Å². The number of benzene rings is 1. The van der Waals surface area contributed by atoms with Gasteiger partial charge < -0.3 is 5.32 Å². The smallest absolute Gasteiger partial charge is 0.226 e. The van der Waals surface area contributed by atoms with Gasteiger partial charge in [0.05, 0.1) is 5.69 Å². The van der Waals surface area contributed by atoms with E-state index in [9.17, 15) is 4.79 Å². The van der Waals surface area contributed by atoms with E-state index in [0.717, 1.165) is 16.8 Å². The van der Waals surface area contributed by atoms with Crippen LogP contribution >= 0.6 is 22.9 Å². The van der Waals surface area contributed by atoms with Crippen LogP contribution in [0.5, 0.6) is 0 Å². The molecule has 0 saturated heterocycles.